The highest BCUT2D eigenvalue weighted by molar-refractivity contribution is 7.89. The molecule has 30 heavy (non-hydrogen) atoms. The van der Waals surface area contributed by atoms with Gasteiger partial charge in [0.05, 0.1) is 18.1 Å². The molecule has 3 aliphatic heterocycles. The summed E-state index contributed by atoms with van der Waals surface area (Å²) in [6.45, 7) is 5.06. The van der Waals surface area contributed by atoms with Gasteiger partial charge in [-0.05, 0) is 57.0 Å². The number of rotatable bonds is 7. The zero-order chi connectivity index (χ0) is 21.0. The van der Waals surface area contributed by atoms with Crippen molar-refractivity contribution < 1.29 is 22.7 Å². The lowest BCUT2D eigenvalue weighted by Crippen LogP contribution is -2.39. The Kier molecular flexibility index (Phi) is 7.05. The van der Waals surface area contributed by atoms with Crippen molar-refractivity contribution in [1.82, 2.24) is 9.21 Å². The van der Waals surface area contributed by atoms with E-state index in [-0.39, 0.29) is 17.1 Å². The lowest BCUT2D eigenvalue weighted by Gasteiger charge is -2.33. The van der Waals surface area contributed by atoms with Crippen LogP contribution in [0, 0.1) is 5.92 Å². The summed E-state index contributed by atoms with van der Waals surface area (Å²) in [4.78, 5) is 14.9. The standard InChI is InChI=1S/C21H31N3O5S/c25-20(8-13-23-11-6-17(7-12-23)21-28-14-15-29-21)22-18-4-3-5-19(16-18)30(26,27)24-9-1-2-10-24/h3-5,16-17,21H,1-2,6-15H2,(H,22,25). The molecule has 0 bridgehead atoms. The summed E-state index contributed by atoms with van der Waals surface area (Å²) in [5.74, 6) is 0.341. The van der Waals surface area contributed by atoms with Gasteiger partial charge in [0.1, 0.15) is 0 Å². The van der Waals surface area contributed by atoms with Crippen molar-refractivity contribution in [2.75, 3.05) is 51.3 Å². The van der Waals surface area contributed by atoms with E-state index in [1.165, 1.54) is 4.31 Å². The maximum Gasteiger partial charge on any atom is 0.243 e. The molecule has 0 aliphatic carbocycles. The zero-order valence-corrected chi connectivity index (χ0v) is 18.1. The molecule has 4 rings (SSSR count). The fourth-order valence-corrected chi connectivity index (χ4v) is 5.96. The van der Waals surface area contributed by atoms with Crippen LogP contribution in [0.15, 0.2) is 29.2 Å². The molecule has 1 N–H and O–H groups in total. The number of likely N-dealkylation sites (tertiary alicyclic amines) is 1. The maximum absolute atomic E-state index is 12.7. The number of anilines is 1. The first kappa shape index (κ1) is 21.7. The smallest absolute Gasteiger partial charge is 0.243 e. The van der Waals surface area contributed by atoms with Gasteiger partial charge in [-0.3, -0.25) is 4.79 Å². The highest BCUT2D eigenvalue weighted by atomic mass is 32.2. The van der Waals surface area contributed by atoms with Gasteiger partial charge in [-0.1, -0.05) is 6.07 Å². The monoisotopic (exact) mass is 437 g/mol. The number of ether oxygens (including phenoxy) is 2. The van der Waals surface area contributed by atoms with Gasteiger partial charge in [0.15, 0.2) is 6.29 Å². The second-order valence-electron chi connectivity index (χ2n) is 8.23. The van der Waals surface area contributed by atoms with Gasteiger partial charge < -0.3 is 19.7 Å². The summed E-state index contributed by atoms with van der Waals surface area (Å²) >= 11 is 0. The Morgan fingerprint density at radius 1 is 1.07 bits per heavy atom. The molecule has 1 amide bonds. The highest BCUT2D eigenvalue weighted by Crippen LogP contribution is 2.26. The van der Waals surface area contributed by atoms with Crippen LogP contribution in [0.1, 0.15) is 32.1 Å². The highest BCUT2D eigenvalue weighted by Gasteiger charge is 2.30. The third kappa shape index (κ3) is 5.20. The van der Waals surface area contributed by atoms with Crippen LogP contribution in [-0.2, 0) is 24.3 Å². The maximum atomic E-state index is 12.7. The van der Waals surface area contributed by atoms with Gasteiger partial charge >= 0.3 is 0 Å². The summed E-state index contributed by atoms with van der Waals surface area (Å²) in [7, 11) is -3.49. The molecule has 1 aromatic carbocycles. The van der Waals surface area contributed by atoms with Crippen LogP contribution in [0.5, 0.6) is 0 Å². The van der Waals surface area contributed by atoms with Crippen molar-refractivity contribution in [1.29, 1.82) is 0 Å². The van der Waals surface area contributed by atoms with Gasteiger partial charge in [-0.25, -0.2) is 8.42 Å². The molecule has 0 aromatic heterocycles. The Bertz CT molecular complexity index is 827. The van der Waals surface area contributed by atoms with E-state index in [1.807, 2.05) is 0 Å². The van der Waals surface area contributed by atoms with Gasteiger partial charge in [-0.2, -0.15) is 4.31 Å². The predicted octanol–water partition coefficient (Wildman–Crippen LogP) is 1.88. The molecule has 3 saturated heterocycles. The van der Waals surface area contributed by atoms with Crippen LogP contribution >= 0.6 is 0 Å². The van der Waals surface area contributed by atoms with Gasteiger partial charge in [0.25, 0.3) is 0 Å². The number of nitrogens with zero attached hydrogens (tertiary/aromatic N) is 2. The lowest BCUT2D eigenvalue weighted by molar-refractivity contribution is -0.117. The zero-order valence-electron chi connectivity index (χ0n) is 17.3. The van der Waals surface area contributed by atoms with Crippen molar-refractivity contribution in [3.05, 3.63) is 24.3 Å². The SMILES string of the molecule is O=C(CCN1CCC(C2OCCO2)CC1)Nc1cccc(S(=O)(=O)N2CCCC2)c1. The number of sulfonamides is 1. The Hall–Kier alpha value is -1.52. The Labute approximate surface area is 178 Å². The molecule has 166 valence electrons. The predicted molar refractivity (Wildman–Crippen MR) is 113 cm³/mol. The third-order valence-corrected chi connectivity index (χ3v) is 8.04. The summed E-state index contributed by atoms with van der Waals surface area (Å²) in [6, 6.07) is 6.55. The van der Waals surface area contributed by atoms with E-state index in [0.717, 1.165) is 38.8 Å². The minimum atomic E-state index is -3.49. The van der Waals surface area contributed by atoms with E-state index < -0.39 is 10.0 Å². The van der Waals surface area contributed by atoms with Crippen molar-refractivity contribution in [3.8, 4) is 0 Å². The first-order chi connectivity index (χ1) is 14.5. The largest absolute Gasteiger partial charge is 0.350 e. The number of benzene rings is 1. The summed E-state index contributed by atoms with van der Waals surface area (Å²) < 4.78 is 38.2. The average Bonchev–Trinajstić information content (AvgIpc) is 3.47. The van der Waals surface area contributed by atoms with Crippen LogP contribution in [0.25, 0.3) is 0 Å². The van der Waals surface area contributed by atoms with Crippen molar-refractivity contribution in [2.45, 2.75) is 43.3 Å². The molecule has 0 atom stereocenters. The number of hydrogen-bond donors (Lipinski definition) is 1. The number of carbonyl (C=O) groups excluding carboxylic acids is 1. The van der Waals surface area contributed by atoms with Gasteiger partial charge in [-0.15, -0.1) is 0 Å². The van der Waals surface area contributed by atoms with Crippen LogP contribution < -0.4 is 5.32 Å². The second-order valence-corrected chi connectivity index (χ2v) is 10.2. The molecule has 1 aromatic rings. The van der Waals surface area contributed by atoms with E-state index in [9.17, 15) is 13.2 Å². The van der Waals surface area contributed by atoms with E-state index in [4.69, 9.17) is 9.47 Å². The average molecular weight is 438 g/mol. The fraction of sp³-hybridized carbons (Fsp3) is 0.667. The van der Waals surface area contributed by atoms with Crippen LogP contribution in [-0.4, -0.2) is 75.8 Å². The van der Waals surface area contributed by atoms with Crippen LogP contribution in [0.4, 0.5) is 5.69 Å². The third-order valence-electron chi connectivity index (χ3n) is 6.14. The number of carbonyl (C=O) groups is 1. The van der Waals surface area contributed by atoms with Crippen molar-refractivity contribution in [2.24, 2.45) is 5.92 Å². The minimum Gasteiger partial charge on any atom is -0.350 e. The molecule has 8 nitrogen and oxygen atoms in total. The van der Waals surface area contributed by atoms with Crippen LogP contribution in [0.2, 0.25) is 0 Å². The molecule has 0 unspecified atom stereocenters. The molecule has 9 heteroatoms. The van der Waals surface area contributed by atoms with Gasteiger partial charge in [0, 0.05) is 37.7 Å². The molecular weight excluding hydrogens is 406 g/mol. The van der Waals surface area contributed by atoms with Crippen molar-refractivity contribution >= 4 is 21.6 Å². The lowest BCUT2D eigenvalue weighted by atomic mass is 9.96. The minimum absolute atomic E-state index is 0.0560. The summed E-state index contributed by atoms with van der Waals surface area (Å²) in [5, 5.41) is 2.85. The molecular formula is C21H31N3O5S. The number of amides is 1. The Morgan fingerprint density at radius 3 is 2.47 bits per heavy atom. The Balaban J connectivity index is 1.24. The second kappa shape index (κ2) is 9.74. The molecule has 0 spiro atoms. The number of hydrogen-bond acceptors (Lipinski definition) is 6. The fourth-order valence-electron chi connectivity index (χ4n) is 4.39. The summed E-state index contributed by atoms with van der Waals surface area (Å²) in [6.07, 6.45) is 4.15. The number of nitrogens with one attached hydrogen (secondary N) is 1. The first-order valence-electron chi connectivity index (χ1n) is 10.9. The molecule has 3 aliphatic rings. The van der Waals surface area contributed by atoms with E-state index in [1.54, 1.807) is 24.3 Å². The molecule has 0 radical (unpaired) electrons. The van der Waals surface area contributed by atoms with Crippen LogP contribution in [0.3, 0.4) is 0 Å². The quantitative estimate of drug-likeness (QED) is 0.701. The molecule has 3 heterocycles. The molecule has 3 fully saturated rings. The summed E-state index contributed by atoms with van der Waals surface area (Å²) in [5.41, 5.74) is 0.523. The van der Waals surface area contributed by atoms with Gasteiger partial charge in [0.2, 0.25) is 15.9 Å². The first-order valence-corrected chi connectivity index (χ1v) is 12.3. The number of piperidine rings is 1. The van der Waals surface area contributed by atoms with Crippen molar-refractivity contribution in [3.63, 3.8) is 0 Å². The molecule has 0 saturated carbocycles. The normalized spacial score (nSPS) is 22.5. The van der Waals surface area contributed by atoms with E-state index >= 15 is 0 Å². The Morgan fingerprint density at radius 2 is 1.77 bits per heavy atom. The topological polar surface area (TPSA) is 88.2 Å². The van der Waals surface area contributed by atoms with E-state index in [0.29, 0.717) is 50.9 Å². The van der Waals surface area contributed by atoms with E-state index in [2.05, 4.69) is 10.2 Å².